The van der Waals surface area contributed by atoms with Crippen LogP contribution < -0.4 is 4.90 Å². The first-order chi connectivity index (χ1) is 12.1. The van der Waals surface area contributed by atoms with E-state index in [-0.39, 0.29) is 0 Å². The van der Waals surface area contributed by atoms with Crippen molar-refractivity contribution in [2.75, 3.05) is 11.9 Å². The number of hydrogen-bond donors (Lipinski definition) is 1. The molecule has 6 nitrogen and oxygen atoms in total. The number of fused-ring (bicyclic) bond motifs is 1. The van der Waals surface area contributed by atoms with Crippen molar-refractivity contribution in [1.29, 1.82) is 0 Å². The Morgan fingerprint density at radius 1 is 1.20 bits per heavy atom. The summed E-state index contributed by atoms with van der Waals surface area (Å²) in [7, 11) is 2.03. The lowest BCUT2D eigenvalue weighted by atomic mass is 10.2. The van der Waals surface area contributed by atoms with Crippen molar-refractivity contribution in [2.45, 2.75) is 20.4 Å². The molecule has 0 amide bonds. The van der Waals surface area contributed by atoms with Crippen molar-refractivity contribution >= 4 is 27.4 Å². The summed E-state index contributed by atoms with van der Waals surface area (Å²) in [4.78, 5) is 25.7. The molecule has 0 aliphatic heterocycles. The lowest BCUT2D eigenvalue weighted by Gasteiger charge is -2.19. The number of nitrogens with zero attached hydrogens (tertiary/aromatic N) is 5. The van der Waals surface area contributed by atoms with Gasteiger partial charge < -0.3 is 9.88 Å². The summed E-state index contributed by atoms with van der Waals surface area (Å²) in [6.45, 7) is 4.91. The highest BCUT2D eigenvalue weighted by Gasteiger charge is 2.18. The van der Waals surface area contributed by atoms with Crippen molar-refractivity contribution < 1.29 is 0 Å². The number of hydrogen-bond acceptors (Lipinski definition) is 6. The molecule has 0 aromatic carbocycles. The summed E-state index contributed by atoms with van der Waals surface area (Å²) in [5, 5.41) is 1.11. The van der Waals surface area contributed by atoms with Crippen molar-refractivity contribution in [3.05, 3.63) is 53.2 Å². The van der Waals surface area contributed by atoms with E-state index in [1.54, 1.807) is 29.9 Å². The molecule has 1 N–H and O–H groups in total. The summed E-state index contributed by atoms with van der Waals surface area (Å²) >= 11 is 1.71. The monoisotopic (exact) mass is 350 g/mol. The third kappa shape index (κ3) is 2.87. The third-order valence-electron chi connectivity index (χ3n) is 4.23. The number of thiophene rings is 1. The summed E-state index contributed by atoms with van der Waals surface area (Å²) in [5.41, 5.74) is 2.15. The average molecular weight is 350 g/mol. The molecule has 7 heteroatoms. The van der Waals surface area contributed by atoms with Crippen LogP contribution in [0.3, 0.4) is 0 Å². The van der Waals surface area contributed by atoms with Gasteiger partial charge in [-0.05, 0) is 31.5 Å². The zero-order valence-corrected chi connectivity index (χ0v) is 15.1. The van der Waals surface area contributed by atoms with Crippen LogP contribution in [0.25, 0.3) is 21.6 Å². The normalized spacial score (nSPS) is 11.2. The van der Waals surface area contributed by atoms with Crippen LogP contribution in [0.4, 0.5) is 5.82 Å². The lowest BCUT2D eigenvalue weighted by Crippen LogP contribution is -2.19. The molecule has 0 saturated carbocycles. The maximum absolute atomic E-state index is 4.87. The molecule has 0 radical (unpaired) electrons. The molecule has 0 unspecified atom stereocenters. The predicted octanol–water partition coefficient (Wildman–Crippen LogP) is 3.73. The number of nitrogens with one attached hydrogen (secondary N) is 1. The second-order valence-corrected chi connectivity index (χ2v) is 7.17. The van der Waals surface area contributed by atoms with Gasteiger partial charge in [-0.1, -0.05) is 0 Å². The van der Waals surface area contributed by atoms with E-state index in [0.29, 0.717) is 12.4 Å². The van der Waals surface area contributed by atoms with Gasteiger partial charge in [-0.2, -0.15) is 0 Å². The molecule has 4 heterocycles. The fraction of sp³-hybridized carbons (Fsp3) is 0.222. The highest BCUT2D eigenvalue weighted by atomic mass is 32.1. The second-order valence-electron chi connectivity index (χ2n) is 5.97. The van der Waals surface area contributed by atoms with Gasteiger partial charge in [-0.15, -0.1) is 11.3 Å². The Balaban J connectivity index is 1.88. The molecule has 0 atom stereocenters. The quantitative estimate of drug-likeness (QED) is 0.607. The van der Waals surface area contributed by atoms with Gasteiger partial charge >= 0.3 is 0 Å². The fourth-order valence-electron chi connectivity index (χ4n) is 2.81. The van der Waals surface area contributed by atoms with E-state index in [9.17, 15) is 0 Å². The van der Waals surface area contributed by atoms with Crippen molar-refractivity contribution in [1.82, 2.24) is 24.9 Å². The number of anilines is 1. The topological polar surface area (TPSA) is 70.6 Å². The van der Waals surface area contributed by atoms with Crippen LogP contribution in [0, 0.1) is 13.8 Å². The minimum absolute atomic E-state index is 0.653. The van der Waals surface area contributed by atoms with E-state index >= 15 is 0 Å². The van der Waals surface area contributed by atoms with Gasteiger partial charge in [-0.25, -0.2) is 15.0 Å². The summed E-state index contributed by atoms with van der Waals surface area (Å²) in [5.74, 6) is 2.52. The van der Waals surface area contributed by atoms with Gasteiger partial charge in [0.1, 0.15) is 16.5 Å². The van der Waals surface area contributed by atoms with Crippen LogP contribution in [-0.4, -0.2) is 32.0 Å². The van der Waals surface area contributed by atoms with Crippen molar-refractivity contribution in [3.63, 3.8) is 0 Å². The highest BCUT2D eigenvalue weighted by Crippen LogP contribution is 2.36. The minimum atomic E-state index is 0.653. The van der Waals surface area contributed by atoms with Crippen LogP contribution in [-0.2, 0) is 6.54 Å². The van der Waals surface area contributed by atoms with Gasteiger partial charge in [0.05, 0.1) is 11.9 Å². The molecule has 0 spiro atoms. The van der Waals surface area contributed by atoms with E-state index in [1.165, 1.54) is 10.4 Å². The van der Waals surface area contributed by atoms with Gasteiger partial charge in [0.25, 0.3) is 0 Å². The van der Waals surface area contributed by atoms with Crippen LogP contribution in [0.1, 0.15) is 16.3 Å². The first-order valence-corrected chi connectivity index (χ1v) is 8.82. The van der Waals surface area contributed by atoms with Gasteiger partial charge in [-0.3, -0.25) is 4.98 Å². The maximum Gasteiger partial charge on any atom is 0.164 e. The second kappa shape index (κ2) is 6.25. The summed E-state index contributed by atoms with van der Waals surface area (Å²) < 4.78 is 0. The summed E-state index contributed by atoms with van der Waals surface area (Å²) in [6.07, 6.45) is 7.15. The Morgan fingerprint density at radius 2 is 2.08 bits per heavy atom. The van der Waals surface area contributed by atoms with Gasteiger partial charge in [0, 0.05) is 42.3 Å². The minimum Gasteiger partial charge on any atom is -0.352 e. The summed E-state index contributed by atoms with van der Waals surface area (Å²) in [6, 6.07) is 3.89. The SMILES string of the molecule is Cc1sc2nc(-c3cccnc3)nc(N(C)Cc3ncc[nH]3)c2c1C. The Morgan fingerprint density at radius 3 is 2.80 bits per heavy atom. The number of aromatic nitrogens is 5. The standard InChI is InChI=1S/C18H18N6S/c1-11-12(2)25-18-15(11)17(24(3)10-14-20-7-8-21-14)22-16(23-18)13-5-4-6-19-9-13/h4-9H,10H2,1-3H3,(H,20,21). The molecule has 0 saturated heterocycles. The van der Waals surface area contributed by atoms with E-state index in [4.69, 9.17) is 9.97 Å². The third-order valence-corrected chi connectivity index (χ3v) is 5.33. The molecular formula is C18H18N6S. The Bertz CT molecular complexity index is 1010. The molecule has 25 heavy (non-hydrogen) atoms. The number of H-pyrrole nitrogens is 1. The maximum atomic E-state index is 4.87. The van der Waals surface area contributed by atoms with Crippen LogP contribution in [0.15, 0.2) is 36.9 Å². The van der Waals surface area contributed by atoms with Gasteiger partial charge in [0.2, 0.25) is 0 Å². The van der Waals surface area contributed by atoms with Crippen LogP contribution >= 0.6 is 11.3 Å². The average Bonchev–Trinajstić information content (AvgIpc) is 3.23. The molecule has 4 aromatic heterocycles. The van der Waals surface area contributed by atoms with E-state index in [0.717, 1.165) is 27.4 Å². The van der Waals surface area contributed by atoms with Gasteiger partial charge in [0.15, 0.2) is 5.82 Å². The highest BCUT2D eigenvalue weighted by molar-refractivity contribution is 7.18. The molecule has 4 rings (SSSR count). The molecule has 126 valence electrons. The first kappa shape index (κ1) is 15.7. The molecule has 0 aliphatic rings. The molecule has 0 bridgehead atoms. The molecule has 0 fully saturated rings. The van der Waals surface area contributed by atoms with Crippen LogP contribution in [0.5, 0.6) is 0 Å². The lowest BCUT2D eigenvalue weighted by molar-refractivity contribution is 0.846. The smallest absolute Gasteiger partial charge is 0.164 e. The number of rotatable bonds is 4. The zero-order valence-electron chi connectivity index (χ0n) is 14.3. The van der Waals surface area contributed by atoms with Crippen molar-refractivity contribution in [2.24, 2.45) is 0 Å². The van der Waals surface area contributed by atoms with Crippen molar-refractivity contribution in [3.8, 4) is 11.4 Å². The Hall–Kier alpha value is -2.80. The number of aryl methyl sites for hydroxylation is 2. The molecule has 4 aromatic rings. The van der Waals surface area contributed by atoms with E-state index in [1.807, 2.05) is 25.4 Å². The largest absolute Gasteiger partial charge is 0.352 e. The van der Waals surface area contributed by atoms with E-state index < -0.39 is 0 Å². The first-order valence-electron chi connectivity index (χ1n) is 8.01. The van der Waals surface area contributed by atoms with Crippen LogP contribution in [0.2, 0.25) is 0 Å². The Labute approximate surface area is 149 Å². The predicted molar refractivity (Wildman–Crippen MR) is 101 cm³/mol. The van der Waals surface area contributed by atoms with E-state index in [2.05, 4.69) is 33.7 Å². The number of pyridine rings is 1. The number of imidazole rings is 1. The molecular weight excluding hydrogens is 332 g/mol. The zero-order chi connectivity index (χ0) is 17.4. The molecule has 0 aliphatic carbocycles. The number of aromatic amines is 1. The fourth-order valence-corrected chi connectivity index (χ4v) is 3.84. The Kier molecular flexibility index (Phi) is 3.93.